The van der Waals surface area contributed by atoms with Gasteiger partial charge in [0, 0.05) is 26.2 Å². The van der Waals surface area contributed by atoms with Crippen LogP contribution in [0.4, 0.5) is 13.2 Å². The third kappa shape index (κ3) is 6.28. The molecule has 1 atom stereocenters. The summed E-state index contributed by atoms with van der Waals surface area (Å²) in [5.74, 6) is 1.81. The molecular formula is C27H33F3N2O3. The van der Waals surface area contributed by atoms with Crippen molar-refractivity contribution in [2.75, 3.05) is 46.9 Å². The van der Waals surface area contributed by atoms with E-state index in [-0.39, 0.29) is 12.3 Å². The number of likely N-dealkylation sites (tertiary alicyclic amines) is 1. The quantitative estimate of drug-likeness (QED) is 0.569. The summed E-state index contributed by atoms with van der Waals surface area (Å²) < 4.78 is 50.0. The molecule has 0 bridgehead atoms. The van der Waals surface area contributed by atoms with Crippen LogP contribution in [0.2, 0.25) is 0 Å². The van der Waals surface area contributed by atoms with Crippen molar-refractivity contribution in [1.29, 1.82) is 0 Å². The van der Waals surface area contributed by atoms with E-state index in [0.717, 1.165) is 50.7 Å². The van der Waals surface area contributed by atoms with Gasteiger partial charge in [-0.15, -0.1) is 0 Å². The van der Waals surface area contributed by atoms with E-state index in [1.54, 1.807) is 14.2 Å². The van der Waals surface area contributed by atoms with E-state index < -0.39 is 11.7 Å². The highest BCUT2D eigenvalue weighted by Crippen LogP contribution is 2.32. The van der Waals surface area contributed by atoms with Crippen LogP contribution in [0.15, 0.2) is 36.4 Å². The first kappa shape index (κ1) is 25.4. The first-order valence-corrected chi connectivity index (χ1v) is 12.2. The summed E-state index contributed by atoms with van der Waals surface area (Å²) in [6, 6.07) is 9.75. The average Bonchev–Trinajstić information content (AvgIpc) is 3.00. The van der Waals surface area contributed by atoms with Crippen LogP contribution < -0.4 is 9.47 Å². The second-order valence-electron chi connectivity index (χ2n) is 9.50. The smallest absolute Gasteiger partial charge is 0.416 e. The molecule has 0 spiro atoms. The Bertz CT molecular complexity index is 1040. The van der Waals surface area contributed by atoms with Gasteiger partial charge in [0.2, 0.25) is 5.91 Å². The number of hydrogen-bond donors (Lipinski definition) is 0. The molecule has 2 aliphatic rings. The molecular weight excluding hydrogens is 457 g/mol. The minimum atomic E-state index is -4.37. The van der Waals surface area contributed by atoms with Crippen LogP contribution in [0.25, 0.3) is 0 Å². The Morgan fingerprint density at radius 3 is 2.54 bits per heavy atom. The number of alkyl halides is 3. The number of ether oxygens (including phenoxy) is 2. The molecule has 0 N–H and O–H groups in total. The summed E-state index contributed by atoms with van der Waals surface area (Å²) in [6.07, 6.45) is -0.709. The maximum atomic E-state index is 13.1. The van der Waals surface area contributed by atoms with Gasteiger partial charge < -0.3 is 19.3 Å². The molecule has 4 rings (SSSR count). The minimum absolute atomic E-state index is 0.00552. The summed E-state index contributed by atoms with van der Waals surface area (Å²) in [5.41, 5.74) is 1.89. The van der Waals surface area contributed by atoms with Gasteiger partial charge in [-0.1, -0.05) is 12.1 Å². The van der Waals surface area contributed by atoms with E-state index in [4.69, 9.17) is 9.47 Å². The summed E-state index contributed by atoms with van der Waals surface area (Å²) in [6.45, 7) is 4.00. The topological polar surface area (TPSA) is 42.0 Å². The van der Waals surface area contributed by atoms with Gasteiger partial charge in [0.25, 0.3) is 0 Å². The van der Waals surface area contributed by atoms with Gasteiger partial charge in [0.15, 0.2) is 11.5 Å². The number of halogens is 3. The van der Waals surface area contributed by atoms with Crippen LogP contribution >= 0.6 is 0 Å². The Hall–Kier alpha value is -2.74. The predicted octanol–water partition coefficient (Wildman–Crippen LogP) is 4.60. The number of nitrogens with zero attached hydrogens (tertiary/aromatic N) is 2. The molecule has 8 heteroatoms. The van der Waals surface area contributed by atoms with E-state index in [2.05, 4.69) is 11.0 Å². The average molecular weight is 491 g/mol. The van der Waals surface area contributed by atoms with Gasteiger partial charge in [-0.2, -0.15) is 13.2 Å². The number of piperidine rings is 1. The molecule has 0 radical (unpaired) electrons. The highest BCUT2D eigenvalue weighted by molar-refractivity contribution is 5.80. The summed E-state index contributed by atoms with van der Waals surface area (Å²) in [4.78, 5) is 17.2. The fourth-order valence-corrected chi connectivity index (χ4v) is 5.19. The Morgan fingerprint density at radius 2 is 1.80 bits per heavy atom. The first-order valence-electron chi connectivity index (χ1n) is 12.2. The van der Waals surface area contributed by atoms with Crippen molar-refractivity contribution in [3.63, 3.8) is 0 Å². The zero-order chi connectivity index (χ0) is 25.0. The SMILES string of the molecule is COc1ccc(CCN2CCCC(CN3CCc4cc(C(F)(F)F)ccc4CC3=O)C2)cc1OC. The van der Waals surface area contributed by atoms with Gasteiger partial charge in [-0.3, -0.25) is 4.79 Å². The highest BCUT2D eigenvalue weighted by Gasteiger charge is 2.32. The van der Waals surface area contributed by atoms with Gasteiger partial charge in [0.1, 0.15) is 0 Å². The molecule has 1 unspecified atom stereocenters. The van der Waals surface area contributed by atoms with Crippen molar-refractivity contribution < 1.29 is 27.4 Å². The van der Waals surface area contributed by atoms with Crippen molar-refractivity contribution >= 4 is 5.91 Å². The number of carbonyl (C=O) groups excluding carboxylic acids is 1. The van der Waals surface area contributed by atoms with Gasteiger partial charge in [-0.25, -0.2) is 0 Å². The largest absolute Gasteiger partial charge is 0.493 e. The maximum absolute atomic E-state index is 13.1. The number of rotatable bonds is 7. The third-order valence-corrected chi connectivity index (χ3v) is 7.13. The number of methoxy groups -OCH3 is 2. The lowest BCUT2D eigenvalue weighted by Gasteiger charge is -2.35. The molecule has 2 heterocycles. The van der Waals surface area contributed by atoms with Crippen LogP contribution in [-0.2, 0) is 30.2 Å². The Kier molecular flexibility index (Phi) is 7.89. The maximum Gasteiger partial charge on any atom is 0.416 e. The fraction of sp³-hybridized carbons (Fsp3) is 0.519. The zero-order valence-corrected chi connectivity index (χ0v) is 20.4. The van der Waals surface area contributed by atoms with E-state index in [1.807, 2.05) is 17.0 Å². The molecule has 1 amide bonds. The van der Waals surface area contributed by atoms with Crippen molar-refractivity contribution in [3.05, 3.63) is 58.7 Å². The van der Waals surface area contributed by atoms with Crippen molar-refractivity contribution in [1.82, 2.24) is 9.80 Å². The summed E-state index contributed by atoms with van der Waals surface area (Å²) in [5, 5.41) is 0. The second kappa shape index (κ2) is 10.9. The number of fused-ring (bicyclic) bond motifs is 1. The van der Waals surface area contributed by atoms with E-state index in [0.29, 0.717) is 42.3 Å². The molecule has 190 valence electrons. The molecule has 1 fully saturated rings. The fourth-order valence-electron chi connectivity index (χ4n) is 5.19. The minimum Gasteiger partial charge on any atom is -0.493 e. The van der Waals surface area contributed by atoms with E-state index >= 15 is 0 Å². The van der Waals surface area contributed by atoms with Crippen molar-refractivity contribution in [2.24, 2.45) is 5.92 Å². The van der Waals surface area contributed by atoms with Crippen LogP contribution in [-0.4, -0.2) is 62.7 Å². The molecule has 2 aliphatic heterocycles. The molecule has 5 nitrogen and oxygen atoms in total. The Labute approximate surface area is 204 Å². The van der Waals surface area contributed by atoms with Crippen LogP contribution in [0.5, 0.6) is 11.5 Å². The standard InChI is InChI=1S/C27H33F3N2O3/c1-34-24-8-5-19(14-25(24)35-2)9-12-31-11-3-4-20(17-31)18-32-13-10-22-15-23(27(28,29)30)7-6-21(22)16-26(32)33/h5-8,14-15,20H,3-4,9-13,16-18H2,1-2H3. The monoisotopic (exact) mass is 490 g/mol. The lowest BCUT2D eigenvalue weighted by molar-refractivity contribution is -0.137. The summed E-state index contributed by atoms with van der Waals surface area (Å²) >= 11 is 0. The molecule has 35 heavy (non-hydrogen) atoms. The molecule has 0 aromatic heterocycles. The molecule has 0 saturated carbocycles. The lowest BCUT2D eigenvalue weighted by Crippen LogP contribution is -2.44. The normalized spacial score (nSPS) is 19.3. The number of amides is 1. The van der Waals surface area contributed by atoms with Gasteiger partial charge in [-0.05, 0) is 79.1 Å². The first-order chi connectivity index (χ1) is 16.8. The van der Waals surface area contributed by atoms with Crippen LogP contribution in [0.1, 0.15) is 35.1 Å². The molecule has 2 aromatic rings. The van der Waals surface area contributed by atoms with Crippen molar-refractivity contribution in [2.45, 2.75) is 38.3 Å². The van der Waals surface area contributed by atoms with E-state index in [9.17, 15) is 18.0 Å². The number of benzene rings is 2. The summed E-state index contributed by atoms with van der Waals surface area (Å²) in [7, 11) is 3.26. The lowest BCUT2D eigenvalue weighted by atomic mass is 9.96. The Balaban J connectivity index is 1.32. The Morgan fingerprint density at radius 1 is 1.00 bits per heavy atom. The van der Waals surface area contributed by atoms with Crippen LogP contribution in [0.3, 0.4) is 0 Å². The number of carbonyl (C=O) groups is 1. The molecule has 2 aromatic carbocycles. The molecule has 0 aliphatic carbocycles. The highest BCUT2D eigenvalue weighted by atomic mass is 19.4. The third-order valence-electron chi connectivity index (χ3n) is 7.13. The van der Waals surface area contributed by atoms with Gasteiger partial charge in [0.05, 0.1) is 26.2 Å². The van der Waals surface area contributed by atoms with Crippen LogP contribution in [0, 0.1) is 5.92 Å². The van der Waals surface area contributed by atoms with Crippen molar-refractivity contribution in [3.8, 4) is 11.5 Å². The van der Waals surface area contributed by atoms with Gasteiger partial charge >= 0.3 is 6.18 Å². The molecule has 1 saturated heterocycles. The second-order valence-corrected chi connectivity index (χ2v) is 9.50. The van der Waals surface area contributed by atoms with E-state index in [1.165, 1.54) is 17.7 Å². The zero-order valence-electron chi connectivity index (χ0n) is 20.4. The number of hydrogen-bond acceptors (Lipinski definition) is 4. The predicted molar refractivity (Wildman–Crippen MR) is 128 cm³/mol.